The number of nitrogens with zero attached hydrogens (tertiary/aromatic N) is 2. The zero-order chi connectivity index (χ0) is 13.5. The van der Waals surface area contributed by atoms with Gasteiger partial charge in [-0.05, 0) is 6.08 Å². The first kappa shape index (κ1) is 15.2. The highest BCUT2D eigenvalue weighted by molar-refractivity contribution is 5.80. The summed E-state index contributed by atoms with van der Waals surface area (Å²) in [5, 5.41) is 14.0. The molecule has 0 saturated heterocycles. The van der Waals surface area contributed by atoms with Crippen LogP contribution < -0.4 is 5.53 Å². The lowest BCUT2D eigenvalue weighted by molar-refractivity contribution is -0.131. The highest BCUT2D eigenvalue weighted by Gasteiger charge is 1.78. The first-order chi connectivity index (χ1) is 8.77. The van der Waals surface area contributed by atoms with Crippen LogP contribution in [-0.4, -0.2) is 17.3 Å². The zero-order valence-electron chi connectivity index (χ0n) is 9.51. The fourth-order valence-corrected chi connectivity index (χ4v) is 0.737. The van der Waals surface area contributed by atoms with Gasteiger partial charge in [0.2, 0.25) is 0 Å². The second-order valence-corrected chi connectivity index (χ2v) is 2.71. The minimum Gasteiger partial charge on any atom is -0.478 e. The van der Waals surface area contributed by atoms with Crippen molar-refractivity contribution < 1.29 is 9.90 Å². The average molecular weight is 247 g/mol. The van der Waals surface area contributed by atoms with E-state index in [1.165, 1.54) is 12.3 Å². The van der Waals surface area contributed by atoms with E-state index in [0.717, 1.165) is 6.08 Å². The molecule has 0 aromatic rings. The first-order valence-electron chi connectivity index (χ1n) is 4.94. The third-order valence-electron chi connectivity index (χ3n) is 1.39. The maximum Gasteiger partial charge on any atom is 0.328 e. The largest absolute Gasteiger partial charge is 0.478 e. The van der Waals surface area contributed by atoms with Gasteiger partial charge in [-0.15, -0.1) is 4.91 Å². The Labute approximate surface area is 104 Å². The number of hydrogen-bond donors (Lipinski definition) is 2. The molecule has 0 saturated carbocycles. The Balaban J connectivity index is 3.81. The summed E-state index contributed by atoms with van der Waals surface area (Å²) in [5.41, 5.74) is 1.88. The van der Waals surface area contributed by atoms with E-state index in [1.807, 2.05) is 5.53 Å². The van der Waals surface area contributed by atoms with Crippen LogP contribution in [-0.2, 0) is 4.79 Å². The van der Waals surface area contributed by atoms with Gasteiger partial charge >= 0.3 is 5.97 Å². The number of hydrazone groups is 1. The standard InChI is InChI=1S/C12H13N3O3/c16-12(17)10-8-6-4-2-1-3-5-7-9-11-13-14-15-18/h1-11H,(H,14,18)(H,16,17)/b2-1+,5-3+,6-4+,9-7+,10-8+,13-11+. The molecular formula is C12H13N3O3. The molecule has 0 aromatic carbocycles. The maximum atomic E-state index is 10.1. The molecule has 6 heteroatoms. The van der Waals surface area contributed by atoms with Gasteiger partial charge < -0.3 is 5.11 Å². The molecule has 0 aliphatic carbocycles. The molecule has 0 fully saturated rings. The minimum absolute atomic E-state index is 0.977. The molecular weight excluding hydrogens is 234 g/mol. The van der Waals surface area contributed by atoms with Crippen LogP contribution in [0.2, 0.25) is 0 Å². The summed E-state index contributed by atoms with van der Waals surface area (Å²) in [6, 6.07) is 0. The van der Waals surface area contributed by atoms with Gasteiger partial charge in [-0.1, -0.05) is 48.6 Å². The van der Waals surface area contributed by atoms with Crippen LogP contribution in [0.5, 0.6) is 0 Å². The predicted octanol–water partition coefficient (Wildman–Crippen LogP) is 2.11. The maximum absolute atomic E-state index is 10.1. The molecule has 94 valence electrons. The summed E-state index contributed by atoms with van der Waals surface area (Å²) in [5.74, 6) is -0.977. The minimum atomic E-state index is -0.977. The van der Waals surface area contributed by atoms with Gasteiger partial charge in [0.05, 0.1) is 5.29 Å². The monoisotopic (exact) mass is 247 g/mol. The lowest BCUT2D eigenvalue weighted by Crippen LogP contribution is -1.89. The zero-order valence-corrected chi connectivity index (χ0v) is 9.51. The lowest BCUT2D eigenvalue weighted by Gasteiger charge is -1.77. The Kier molecular flexibility index (Phi) is 10.4. The lowest BCUT2D eigenvalue weighted by atomic mass is 10.3. The van der Waals surface area contributed by atoms with Crippen LogP contribution in [0.1, 0.15) is 0 Å². The van der Waals surface area contributed by atoms with Gasteiger partial charge in [-0.2, -0.15) is 10.6 Å². The topological polar surface area (TPSA) is 91.1 Å². The van der Waals surface area contributed by atoms with E-state index in [9.17, 15) is 9.70 Å². The number of aliphatic carboxylic acids is 1. The molecule has 0 atom stereocenters. The molecule has 18 heavy (non-hydrogen) atoms. The van der Waals surface area contributed by atoms with Crippen LogP contribution in [0.15, 0.2) is 71.1 Å². The van der Waals surface area contributed by atoms with E-state index in [1.54, 1.807) is 48.6 Å². The third-order valence-corrected chi connectivity index (χ3v) is 1.39. The molecule has 2 N–H and O–H groups in total. The molecule has 0 radical (unpaired) electrons. The summed E-state index contributed by atoms with van der Waals surface area (Å²) in [7, 11) is 0. The number of rotatable bonds is 8. The number of carbonyl (C=O) groups is 1. The fourth-order valence-electron chi connectivity index (χ4n) is 0.737. The number of allylic oxidation sites excluding steroid dienone is 9. The quantitative estimate of drug-likeness (QED) is 0.226. The molecule has 0 aromatic heterocycles. The summed E-state index contributed by atoms with van der Waals surface area (Å²) in [6.45, 7) is 0. The van der Waals surface area contributed by atoms with Crippen LogP contribution in [0.25, 0.3) is 0 Å². The van der Waals surface area contributed by atoms with Crippen molar-refractivity contribution in [1.82, 2.24) is 5.53 Å². The van der Waals surface area contributed by atoms with E-state index in [0.29, 0.717) is 0 Å². The van der Waals surface area contributed by atoms with Crippen molar-refractivity contribution in [3.8, 4) is 0 Å². The molecule has 0 amide bonds. The molecule has 0 aliphatic rings. The van der Waals surface area contributed by atoms with Gasteiger partial charge in [0.15, 0.2) is 0 Å². The molecule has 0 spiro atoms. The molecule has 0 unspecified atom stereocenters. The summed E-state index contributed by atoms with van der Waals surface area (Å²) in [6.07, 6.45) is 17.6. The van der Waals surface area contributed by atoms with Gasteiger partial charge in [0.25, 0.3) is 0 Å². The Bertz CT molecular complexity index is 418. The summed E-state index contributed by atoms with van der Waals surface area (Å²) < 4.78 is 0. The van der Waals surface area contributed by atoms with Gasteiger partial charge in [0.1, 0.15) is 0 Å². The molecule has 6 nitrogen and oxygen atoms in total. The third kappa shape index (κ3) is 13.2. The average Bonchev–Trinajstić information content (AvgIpc) is 2.34. The van der Waals surface area contributed by atoms with E-state index >= 15 is 0 Å². The molecule has 0 aliphatic heterocycles. The van der Waals surface area contributed by atoms with Crippen LogP contribution in [0.4, 0.5) is 0 Å². The molecule has 0 rings (SSSR count). The normalized spacial score (nSPS) is 12.9. The van der Waals surface area contributed by atoms with Crippen molar-refractivity contribution in [2.75, 3.05) is 0 Å². The first-order valence-corrected chi connectivity index (χ1v) is 4.94. The van der Waals surface area contributed by atoms with Gasteiger partial charge in [0, 0.05) is 12.3 Å². The van der Waals surface area contributed by atoms with Crippen molar-refractivity contribution in [1.29, 1.82) is 0 Å². The second kappa shape index (κ2) is 12.3. The molecule has 0 bridgehead atoms. The molecule has 0 heterocycles. The Hall–Kier alpha value is -2.76. The predicted molar refractivity (Wildman–Crippen MR) is 70.8 cm³/mol. The van der Waals surface area contributed by atoms with Crippen molar-refractivity contribution in [3.05, 3.63) is 65.7 Å². The van der Waals surface area contributed by atoms with Gasteiger partial charge in [-0.3, -0.25) is 0 Å². The van der Waals surface area contributed by atoms with Crippen LogP contribution in [0.3, 0.4) is 0 Å². The Morgan fingerprint density at radius 3 is 1.89 bits per heavy atom. The number of carboxylic acid groups (broad SMARTS) is 1. The number of nitrogens with one attached hydrogen (secondary N) is 1. The Morgan fingerprint density at radius 2 is 1.39 bits per heavy atom. The van der Waals surface area contributed by atoms with Crippen LogP contribution in [0, 0.1) is 4.91 Å². The highest BCUT2D eigenvalue weighted by Crippen LogP contribution is 1.83. The van der Waals surface area contributed by atoms with Crippen molar-refractivity contribution in [2.24, 2.45) is 10.4 Å². The smallest absolute Gasteiger partial charge is 0.328 e. The van der Waals surface area contributed by atoms with Crippen molar-refractivity contribution in [3.63, 3.8) is 0 Å². The summed E-state index contributed by atoms with van der Waals surface area (Å²) in [4.78, 5) is 19.7. The van der Waals surface area contributed by atoms with Gasteiger partial charge in [-0.25, -0.2) is 4.79 Å². The van der Waals surface area contributed by atoms with E-state index in [4.69, 9.17) is 5.11 Å². The van der Waals surface area contributed by atoms with E-state index in [-0.39, 0.29) is 0 Å². The Morgan fingerprint density at radius 1 is 0.889 bits per heavy atom. The second-order valence-electron chi connectivity index (χ2n) is 2.71. The number of carboxylic acids is 1. The highest BCUT2D eigenvalue weighted by atomic mass is 16.4. The number of nitroso groups, excluding NO2 is 1. The van der Waals surface area contributed by atoms with E-state index in [2.05, 4.69) is 10.4 Å². The van der Waals surface area contributed by atoms with E-state index < -0.39 is 5.97 Å². The fraction of sp³-hybridized carbons (Fsp3) is 0. The SMILES string of the molecule is O=NN/N=C/C=C/C=C/C=C/C=C/C=C/C(=O)O. The van der Waals surface area contributed by atoms with Crippen molar-refractivity contribution in [2.45, 2.75) is 0 Å². The van der Waals surface area contributed by atoms with Crippen molar-refractivity contribution >= 4 is 12.2 Å². The summed E-state index contributed by atoms with van der Waals surface area (Å²) >= 11 is 0. The van der Waals surface area contributed by atoms with Crippen LogP contribution >= 0.6 is 0 Å². The number of hydrogen-bond acceptors (Lipinski definition) is 4.